The van der Waals surface area contributed by atoms with Gasteiger partial charge in [-0.2, -0.15) is 0 Å². The topological polar surface area (TPSA) is 43.4 Å². The third-order valence-electron chi connectivity index (χ3n) is 5.58. The molecule has 0 aliphatic heterocycles. The van der Waals surface area contributed by atoms with E-state index in [1.165, 1.54) is 51.4 Å². The van der Waals surface area contributed by atoms with Crippen molar-refractivity contribution in [2.45, 2.75) is 116 Å². The molecular formula is C24H44KNO2. The summed E-state index contributed by atoms with van der Waals surface area (Å²) >= 11 is 0. The van der Waals surface area contributed by atoms with Crippen LogP contribution in [0.1, 0.15) is 104 Å². The molecule has 0 bridgehead atoms. The predicted octanol–water partition coefficient (Wildman–Crippen LogP) is 2.65. The number of allylic oxidation sites excluding steroid dienone is 2. The molecule has 0 amide bonds. The minimum Gasteiger partial charge on any atom is -0.549 e. The van der Waals surface area contributed by atoms with Crippen LogP contribution >= 0.6 is 0 Å². The Hall–Kier alpha value is 0.546. The van der Waals surface area contributed by atoms with Crippen molar-refractivity contribution >= 4 is 5.97 Å². The fourth-order valence-corrected chi connectivity index (χ4v) is 3.96. The monoisotopic (exact) mass is 417 g/mol. The second kappa shape index (κ2) is 22.2. The first kappa shape index (κ1) is 30.7. The zero-order chi connectivity index (χ0) is 20.3. The third kappa shape index (κ3) is 16.4. The Morgan fingerprint density at radius 3 is 1.54 bits per heavy atom. The predicted molar refractivity (Wildman–Crippen MR) is 116 cm³/mol. The first-order valence-electron chi connectivity index (χ1n) is 11.3. The summed E-state index contributed by atoms with van der Waals surface area (Å²) in [6.07, 6.45) is 20.1. The molecule has 0 spiro atoms. The van der Waals surface area contributed by atoms with Crippen LogP contribution in [0.3, 0.4) is 0 Å². The SMILES string of the molecule is C=CCCCCCCC(CC)N(CC(=O)[O-])C(CC)CCCCCCC=C.[K+]. The van der Waals surface area contributed by atoms with Gasteiger partial charge in [0.2, 0.25) is 0 Å². The number of hydrogen-bond acceptors (Lipinski definition) is 3. The second-order valence-corrected chi connectivity index (χ2v) is 7.73. The first-order valence-corrected chi connectivity index (χ1v) is 11.3. The van der Waals surface area contributed by atoms with Gasteiger partial charge in [-0.05, 0) is 51.4 Å². The van der Waals surface area contributed by atoms with Gasteiger partial charge in [0.1, 0.15) is 0 Å². The molecule has 3 nitrogen and oxygen atoms in total. The molecule has 0 fully saturated rings. The number of carboxylic acid groups (broad SMARTS) is 1. The molecule has 2 atom stereocenters. The molecule has 158 valence electrons. The van der Waals surface area contributed by atoms with E-state index in [1.807, 2.05) is 12.2 Å². The van der Waals surface area contributed by atoms with Gasteiger partial charge in [-0.15, -0.1) is 13.2 Å². The molecule has 2 unspecified atom stereocenters. The first-order chi connectivity index (χ1) is 13.1. The second-order valence-electron chi connectivity index (χ2n) is 7.73. The fourth-order valence-electron chi connectivity index (χ4n) is 3.96. The van der Waals surface area contributed by atoms with E-state index in [2.05, 4.69) is 31.9 Å². The molecule has 0 rings (SSSR count). The molecule has 0 aliphatic rings. The molecule has 0 aromatic carbocycles. The molecule has 0 aromatic heterocycles. The number of carboxylic acids is 1. The van der Waals surface area contributed by atoms with Gasteiger partial charge >= 0.3 is 51.4 Å². The maximum absolute atomic E-state index is 11.4. The van der Waals surface area contributed by atoms with Gasteiger partial charge in [0, 0.05) is 18.6 Å². The molecule has 0 saturated carbocycles. The number of rotatable bonds is 20. The van der Waals surface area contributed by atoms with Gasteiger partial charge in [0.25, 0.3) is 0 Å². The van der Waals surface area contributed by atoms with E-state index in [4.69, 9.17) is 0 Å². The summed E-state index contributed by atoms with van der Waals surface area (Å²) in [6.45, 7) is 12.0. The zero-order valence-electron chi connectivity index (χ0n) is 19.1. The van der Waals surface area contributed by atoms with Gasteiger partial charge < -0.3 is 9.90 Å². The van der Waals surface area contributed by atoms with E-state index in [0.717, 1.165) is 38.5 Å². The maximum Gasteiger partial charge on any atom is 1.00 e. The van der Waals surface area contributed by atoms with Crippen molar-refractivity contribution in [2.75, 3.05) is 6.54 Å². The molecule has 0 heterocycles. The number of carbonyl (C=O) groups is 1. The zero-order valence-corrected chi connectivity index (χ0v) is 22.2. The smallest absolute Gasteiger partial charge is 0.549 e. The van der Waals surface area contributed by atoms with Crippen molar-refractivity contribution in [1.29, 1.82) is 0 Å². The third-order valence-corrected chi connectivity index (χ3v) is 5.58. The van der Waals surface area contributed by atoms with Crippen molar-refractivity contribution in [3.63, 3.8) is 0 Å². The van der Waals surface area contributed by atoms with Crippen molar-refractivity contribution in [2.24, 2.45) is 0 Å². The van der Waals surface area contributed by atoms with E-state index in [9.17, 15) is 9.90 Å². The summed E-state index contributed by atoms with van der Waals surface area (Å²) in [7, 11) is 0. The average Bonchev–Trinajstić information content (AvgIpc) is 2.65. The molecular weight excluding hydrogens is 373 g/mol. The number of nitrogens with zero attached hydrogens (tertiary/aromatic N) is 1. The molecule has 0 aliphatic carbocycles. The van der Waals surface area contributed by atoms with E-state index in [-0.39, 0.29) is 57.9 Å². The summed E-state index contributed by atoms with van der Waals surface area (Å²) < 4.78 is 0. The molecule has 0 N–H and O–H groups in total. The summed E-state index contributed by atoms with van der Waals surface area (Å²) in [5, 5.41) is 11.4. The van der Waals surface area contributed by atoms with Gasteiger partial charge in [-0.3, -0.25) is 4.90 Å². The quantitative estimate of drug-likeness (QED) is 0.174. The van der Waals surface area contributed by atoms with Crippen LogP contribution in [0.15, 0.2) is 25.3 Å². The summed E-state index contributed by atoms with van der Waals surface area (Å²) in [5.41, 5.74) is 0. The van der Waals surface area contributed by atoms with Crippen LogP contribution in [-0.4, -0.2) is 29.5 Å². The number of unbranched alkanes of at least 4 members (excludes halogenated alkanes) is 8. The van der Waals surface area contributed by atoms with Crippen LogP contribution in [0, 0.1) is 0 Å². The Kier molecular flexibility index (Phi) is 24.4. The van der Waals surface area contributed by atoms with E-state index in [0.29, 0.717) is 12.1 Å². The Labute approximate surface area is 217 Å². The average molecular weight is 418 g/mol. The summed E-state index contributed by atoms with van der Waals surface area (Å²) in [5.74, 6) is -0.941. The number of aliphatic carboxylic acids is 1. The van der Waals surface area contributed by atoms with Crippen molar-refractivity contribution < 1.29 is 61.3 Å². The fraction of sp³-hybridized carbons (Fsp3) is 0.792. The number of carbonyl (C=O) groups excluding carboxylic acids is 1. The van der Waals surface area contributed by atoms with Crippen LogP contribution < -0.4 is 56.5 Å². The minimum atomic E-state index is -0.941. The standard InChI is InChI=1S/C24H45NO2.K/c1-5-9-11-13-15-17-19-22(7-3)25(21-24(26)27)23(8-4)20-18-16-14-12-10-6-2;/h5-6,22-23H,1-2,7-21H2,3-4H3,(H,26,27);/q;+1/p-1. The number of hydrogen-bond donors (Lipinski definition) is 0. The van der Waals surface area contributed by atoms with Gasteiger partial charge in [0.05, 0.1) is 5.97 Å². The van der Waals surface area contributed by atoms with E-state index in [1.54, 1.807) is 0 Å². The van der Waals surface area contributed by atoms with Crippen LogP contribution in [0.5, 0.6) is 0 Å². The molecule has 0 saturated heterocycles. The summed E-state index contributed by atoms with van der Waals surface area (Å²) in [6, 6.07) is 0.709. The molecule has 4 heteroatoms. The van der Waals surface area contributed by atoms with Crippen LogP contribution in [0.4, 0.5) is 0 Å². The Bertz CT molecular complexity index is 359. The maximum atomic E-state index is 11.4. The van der Waals surface area contributed by atoms with Crippen molar-refractivity contribution in [3.8, 4) is 0 Å². The minimum absolute atomic E-state index is 0. The van der Waals surface area contributed by atoms with Crippen LogP contribution in [0.2, 0.25) is 0 Å². The molecule has 28 heavy (non-hydrogen) atoms. The van der Waals surface area contributed by atoms with Crippen molar-refractivity contribution in [3.05, 3.63) is 25.3 Å². The largest absolute Gasteiger partial charge is 1.00 e. The Balaban J connectivity index is 0. The van der Waals surface area contributed by atoms with E-state index >= 15 is 0 Å². The van der Waals surface area contributed by atoms with Crippen molar-refractivity contribution in [1.82, 2.24) is 4.90 Å². The van der Waals surface area contributed by atoms with Gasteiger partial charge in [0.15, 0.2) is 0 Å². The summed E-state index contributed by atoms with van der Waals surface area (Å²) in [4.78, 5) is 13.6. The van der Waals surface area contributed by atoms with Crippen LogP contribution in [-0.2, 0) is 4.79 Å². The van der Waals surface area contributed by atoms with Gasteiger partial charge in [-0.1, -0.05) is 64.5 Å². The Morgan fingerprint density at radius 1 is 0.821 bits per heavy atom. The van der Waals surface area contributed by atoms with Crippen LogP contribution in [0.25, 0.3) is 0 Å². The molecule has 0 radical (unpaired) electrons. The van der Waals surface area contributed by atoms with E-state index < -0.39 is 5.97 Å². The Morgan fingerprint density at radius 2 is 1.21 bits per heavy atom. The normalized spacial score (nSPS) is 13.0. The molecule has 0 aromatic rings. The van der Waals surface area contributed by atoms with Gasteiger partial charge in [-0.25, -0.2) is 0 Å².